The van der Waals surface area contributed by atoms with Crippen molar-refractivity contribution in [1.29, 1.82) is 0 Å². The Labute approximate surface area is 162 Å². The highest BCUT2D eigenvalue weighted by atomic mass is 16.2. The molecular formula is C22H21N5O. The number of aromatic nitrogens is 4. The predicted molar refractivity (Wildman–Crippen MR) is 110 cm³/mol. The third-order valence-electron chi connectivity index (χ3n) is 5.74. The second-order valence-corrected chi connectivity index (χ2v) is 7.37. The highest BCUT2D eigenvalue weighted by Gasteiger charge is 2.27. The number of H-pyrrole nitrogens is 1. The summed E-state index contributed by atoms with van der Waals surface area (Å²) in [5.41, 5.74) is 6.64. The number of aryl methyl sites for hydroxylation is 1. The van der Waals surface area contributed by atoms with Crippen LogP contribution in [-0.2, 0) is 4.79 Å². The van der Waals surface area contributed by atoms with Crippen molar-refractivity contribution in [2.45, 2.75) is 19.4 Å². The van der Waals surface area contributed by atoms with Gasteiger partial charge in [-0.1, -0.05) is 18.7 Å². The summed E-state index contributed by atoms with van der Waals surface area (Å²) in [6.45, 7) is 7.17. The van der Waals surface area contributed by atoms with Crippen molar-refractivity contribution in [2.24, 2.45) is 0 Å². The zero-order chi connectivity index (χ0) is 19.3. The second kappa shape index (κ2) is 6.34. The summed E-state index contributed by atoms with van der Waals surface area (Å²) >= 11 is 0. The molecule has 28 heavy (non-hydrogen) atoms. The molecule has 1 aliphatic heterocycles. The minimum atomic E-state index is -0.00475. The van der Waals surface area contributed by atoms with E-state index in [1.54, 1.807) is 0 Å². The molecule has 0 aliphatic carbocycles. The Balaban J connectivity index is 1.59. The normalized spacial score (nSPS) is 16.9. The number of fused-ring (bicyclic) bond motifs is 2. The number of aromatic amines is 1. The van der Waals surface area contributed by atoms with E-state index in [0.29, 0.717) is 6.54 Å². The van der Waals surface area contributed by atoms with Gasteiger partial charge in [-0.25, -0.2) is 4.98 Å². The van der Waals surface area contributed by atoms with E-state index in [9.17, 15) is 4.79 Å². The van der Waals surface area contributed by atoms with Crippen LogP contribution < -0.4 is 0 Å². The molecule has 5 rings (SSSR count). The van der Waals surface area contributed by atoms with Gasteiger partial charge in [-0.15, -0.1) is 0 Å². The first-order valence-corrected chi connectivity index (χ1v) is 9.46. The van der Waals surface area contributed by atoms with E-state index >= 15 is 0 Å². The van der Waals surface area contributed by atoms with Crippen molar-refractivity contribution in [3.63, 3.8) is 0 Å². The summed E-state index contributed by atoms with van der Waals surface area (Å²) in [5.74, 6) is -0.00475. The number of amides is 1. The fourth-order valence-electron chi connectivity index (χ4n) is 4.28. The van der Waals surface area contributed by atoms with E-state index < -0.39 is 0 Å². The average molecular weight is 371 g/mol. The molecule has 1 unspecified atom stereocenters. The summed E-state index contributed by atoms with van der Waals surface area (Å²) < 4.78 is 2.21. The first kappa shape index (κ1) is 16.7. The lowest BCUT2D eigenvalue weighted by Crippen LogP contribution is -2.27. The highest BCUT2D eigenvalue weighted by molar-refractivity contribution is 5.98. The molecule has 2 aromatic heterocycles. The Morgan fingerprint density at radius 1 is 1.32 bits per heavy atom. The first-order chi connectivity index (χ1) is 13.7. The molecule has 4 aromatic rings. The van der Waals surface area contributed by atoms with E-state index in [0.717, 1.165) is 40.5 Å². The maximum atomic E-state index is 11.9. The van der Waals surface area contributed by atoms with Crippen LogP contribution in [0.15, 0.2) is 55.5 Å². The molecule has 0 bridgehead atoms. The predicted octanol–water partition coefficient (Wildman–Crippen LogP) is 3.85. The molecule has 0 saturated carbocycles. The molecule has 3 heterocycles. The topological polar surface area (TPSA) is 66.8 Å². The summed E-state index contributed by atoms with van der Waals surface area (Å²) in [7, 11) is 0. The Kier molecular flexibility index (Phi) is 3.79. The zero-order valence-corrected chi connectivity index (χ0v) is 15.7. The Bertz CT molecular complexity index is 1220. The Hall–Kier alpha value is -3.41. The smallest absolute Gasteiger partial charge is 0.246 e. The third kappa shape index (κ3) is 2.52. The van der Waals surface area contributed by atoms with Crippen LogP contribution in [0, 0.1) is 6.92 Å². The fourth-order valence-corrected chi connectivity index (χ4v) is 4.28. The number of nitrogens with zero attached hydrogens (tertiary/aromatic N) is 4. The summed E-state index contributed by atoms with van der Waals surface area (Å²) in [5, 5.41) is 8.38. The molecule has 0 radical (unpaired) electrons. The van der Waals surface area contributed by atoms with Crippen LogP contribution in [0.2, 0.25) is 0 Å². The number of imidazole rings is 1. The van der Waals surface area contributed by atoms with Gasteiger partial charge in [0.25, 0.3) is 0 Å². The van der Waals surface area contributed by atoms with E-state index in [-0.39, 0.29) is 11.9 Å². The van der Waals surface area contributed by atoms with Crippen molar-refractivity contribution in [1.82, 2.24) is 24.6 Å². The largest absolute Gasteiger partial charge is 0.337 e. The van der Waals surface area contributed by atoms with Crippen LogP contribution in [0.25, 0.3) is 33.1 Å². The summed E-state index contributed by atoms with van der Waals surface area (Å²) in [6, 6.07) is 10.8. The van der Waals surface area contributed by atoms with Crippen molar-refractivity contribution < 1.29 is 4.79 Å². The van der Waals surface area contributed by atoms with Crippen molar-refractivity contribution in [3.05, 3.63) is 61.1 Å². The highest BCUT2D eigenvalue weighted by Crippen LogP contribution is 2.34. The lowest BCUT2D eigenvalue weighted by Gasteiger charge is -2.16. The van der Waals surface area contributed by atoms with Crippen LogP contribution in [0.4, 0.5) is 0 Å². The maximum Gasteiger partial charge on any atom is 0.246 e. The number of benzene rings is 2. The number of likely N-dealkylation sites (tertiary alicyclic amines) is 1. The van der Waals surface area contributed by atoms with Gasteiger partial charge in [0.1, 0.15) is 0 Å². The zero-order valence-electron chi connectivity index (χ0n) is 15.7. The third-order valence-corrected chi connectivity index (χ3v) is 5.74. The maximum absolute atomic E-state index is 11.9. The van der Waals surface area contributed by atoms with E-state index in [4.69, 9.17) is 0 Å². The van der Waals surface area contributed by atoms with Gasteiger partial charge in [-0.3, -0.25) is 9.89 Å². The Morgan fingerprint density at radius 3 is 3.07 bits per heavy atom. The molecule has 1 N–H and O–H groups in total. The molecule has 1 saturated heterocycles. The number of carbonyl (C=O) groups is 1. The van der Waals surface area contributed by atoms with E-state index in [1.807, 2.05) is 17.4 Å². The summed E-state index contributed by atoms with van der Waals surface area (Å²) in [4.78, 5) is 18.4. The van der Waals surface area contributed by atoms with Crippen molar-refractivity contribution in [2.75, 3.05) is 13.1 Å². The first-order valence-electron chi connectivity index (χ1n) is 9.46. The van der Waals surface area contributed by atoms with Gasteiger partial charge in [0.05, 0.1) is 35.1 Å². The lowest BCUT2D eigenvalue weighted by atomic mass is 9.96. The standard InChI is InChI=1S/C22H21N5O/c1-3-21(28)26-9-8-16(12-26)27-13-23-19-7-5-15(10-20(19)27)22-14(2)4-6-18-17(22)11-24-25-18/h3-7,10-11,13,16H,1,8-9,12H2,2H3,(H,24,25). The van der Waals surface area contributed by atoms with Gasteiger partial charge in [0, 0.05) is 18.5 Å². The van der Waals surface area contributed by atoms with Gasteiger partial charge in [0.2, 0.25) is 5.91 Å². The number of hydrogen-bond acceptors (Lipinski definition) is 3. The van der Waals surface area contributed by atoms with Gasteiger partial charge in [-0.2, -0.15) is 5.10 Å². The van der Waals surface area contributed by atoms with Crippen LogP contribution in [0.5, 0.6) is 0 Å². The monoisotopic (exact) mass is 371 g/mol. The quantitative estimate of drug-likeness (QED) is 0.556. The molecular weight excluding hydrogens is 350 g/mol. The number of rotatable bonds is 3. The molecule has 2 aromatic carbocycles. The van der Waals surface area contributed by atoms with Crippen LogP contribution in [0.1, 0.15) is 18.0 Å². The van der Waals surface area contributed by atoms with Crippen LogP contribution in [0.3, 0.4) is 0 Å². The molecule has 1 atom stereocenters. The molecule has 1 aliphatic rings. The van der Waals surface area contributed by atoms with Gasteiger partial charge >= 0.3 is 0 Å². The van der Waals surface area contributed by atoms with E-state index in [1.165, 1.54) is 17.2 Å². The number of carbonyl (C=O) groups excluding carboxylic acids is 1. The van der Waals surface area contributed by atoms with Crippen LogP contribution in [-0.4, -0.2) is 43.6 Å². The van der Waals surface area contributed by atoms with Crippen LogP contribution >= 0.6 is 0 Å². The minimum absolute atomic E-state index is 0.00475. The fraction of sp³-hybridized carbons (Fsp3) is 0.227. The molecule has 0 spiro atoms. The molecule has 1 amide bonds. The van der Waals surface area contributed by atoms with E-state index in [2.05, 4.69) is 63.6 Å². The molecule has 1 fully saturated rings. The number of nitrogens with one attached hydrogen (secondary N) is 1. The molecule has 6 nitrogen and oxygen atoms in total. The van der Waals surface area contributed by atoms with Crippen molar-refractivity contribution in [3.8, 4) is 11.1 Å². The Morgan fingerprint density at radius 2 is 2.21 bits per heavy atom. The van der Waals surface area contributed by atoms with Gasteiger partial charge < -0.3 is 9.47 Å². The van der Waals surface area contributed by atoms with Gasteiger partial charge in [0.15, 0.2) is 0 Å². The lowest BCUT2D eigenvalue weighted by molar-refractivity contribution is -0.125. The van der Waals surface area contributed by atoms with Crippen molar-refractivity contribution >= 4 is 27.8 Å². The average Bonchev–Trinajstić information content (AvgIpc) is 3.45. The van der Waals surface area contributed by atoms with Gasteiger partial charge in [-0.05, 0) is 54.3 Å². The second-order valence-electron chi connectivity index (χ2n) is 7.37. The SMILES string of the molecule is C=CC(=O)N1CCC(n2cnc3ccc(-c4c(C)ccc5[nH]ncc45)cc32)C1. The number of hydrogen-bond donors (Lipinski definition) is 1. The molecule has 6 heteroatoms. The summed E-state index contributed by atoms with van der Waals surface area (Å²) in [6.07, 6.45) is 6.09. The molecule has 140 valence electrons. The minimum Gasteiger partial charge on any atom is -0.337 e.